The number of benzene rings is 2. The first-order valence-corrected chi connectivity index (χ1v) is 11.3. The topological polar surface area (TPSA) is 76.0 Å². The molecule has 2 heterocycles. The molecule has 0 spiro atoms. The van der Waals surface area contributed by atoms with Crippen LogP contribution in [0.25, 0.3) is 11.0 Å². The summed E-state index contributed by atoms with van der Waals surface area (Å²) in [7, 11) is -2.26. The maximum Gasteiger partial charge on any atom is 0.268 e. The van der Waals surface area contributed by atoms with Crippen molar-refractivity contribution in [1.82, 2.24) is 14.3 Å². The van der Waals surface area contributed by atoms with Crippen LogP contribution in [0.5, 0.6) is 0 Å². The van der Waals surface area contributed by atoms with E-state index in [1.165, 1.54) is 24.4 Å². The largest absolute Gasteiger partial charge is 0.354 e. The summed E-state index contributed by atoms with van der Waals surface area (Å²) in [5, 5.41) is 6.90. The minimum absolute atomic E-state index is 0.132. The van der Waals surface area contributed by atoms with Crippen molar-refractivity contribution in [2.24, 2.45) is 0 Å². The zero-order valence-electron chi connectivity index (χ0n) is 16.9. The van der Waals surface area contributed by atoms with Gasteiger partial charge in [0.25, 0.3) is 10.0 Å². The normalized spacial score (nSPS) is 11.7. The van der Waals surface area contributed by atoms with E-state index in [1.54, 1.807) is 25.4 Å². The van der Waals surface area contributed by atoms with Gasteiger partial charge in [0.15, 0.2) is 0 Å². The third kappa shape index (κ3) is 4.14. The number of pyridine rings is 1. The average molecular weight is 459 g/mol. The van der Waals surface area contributed by atoms with E-state index in [1.807, 2.05) is 19.1 Å². The van der Waals surface area contributed by atoms with Crippen molar-refractivity contribution in [3.8, 4) is 0 Å². The van der Waals surface area contributed by atoms with Gasteiger partial charge < -0.3 is 10.6 Å². The van der Waals surface area contributed by atoms with E-state index in [0.29, 0.717) is 33.9 Å². The number of anilines is 2. The standard InChI is InChI=1S/C22H20ClFN4O2S/c1-14-8-16(23)6-7-20(14)27-18-10-21-22(26-12-18)15(11-25-2)13-28(21)31(29,30)19-5-3-4-17(24)9-19/h3-10,12-13,25,27H,11H2,1-2H3. The summed E-state index contributed by atoms with van der Waals surface area (Å²) in [5.74, 6) is -0.619. The number of fused-ring (bicyclic) bond motifs is 1. The van der Waals surface area contributed by atoms with Crippen LogP contribution in [-0.4, -0.2) is 24.4 Å². The van der Waals surface area contributed by atoms with Gasteiger partial charge in [-0.05, 0) is 62.0 Å². The molecule has 2 aromatic carbocycles. The highest BCUT2D eigenvalue weighted by atomic mass is 35.5. The number of nitrogens with one attached hydrogen (secondary N) is 2. The van der Waals surface area contributed by atoms with Gasteiger partial charge in [-0.25, -0.2) is 16.8 Å². The van der Waals surface area contributed by atoms with Crippen LogP contribution in [0.2, 0.25) is 5.02 Å². The molecular formula is C22H20ClFN4O2S. The van der Waals surface area contributed by atoms with Gasteiger partial charge in [0.2, 0.25) is 0 Å². The molecule has 160 valence electrons. The number of hydrogen-bond acceptors (Lipinski definition) is 5. The molecule has 0 aliphatic carbocycles. The van der Waals surface area contributed by atoms with Crippen LogP contribution in [0.4, 0.5) is 15.8 Å². The second kappa shape index (κ2) is 8.30. The van der Waals surface area contributed by atoms with E-state index in [-0.39, 0.29) is 4.90 Å². The minimum Gasteiger partial charge on any atom is -0.354 e. The molecule has 0 saturated heterocycles. The molecular weight excluding hydrogens is 439 g/mol. The fraction of sp³-hybridized carbons (Fsp3) is 0.136. The van der Waals surface area contributed by atoms with Crippen molar-refractivity contribution in [3.05, 3.63) is 82.9 Å². The van der Waals surface area contributed by atoms with E-state index in [4.69, 9.17) is 11.6 Å². The zero-order valence-corrected chi connectivity index (χ0v) is 18.4. The van der Waals surface area contributed by atoms with Crippen molar-refractivity contribution in [2.45, 2.75) is 18.4 Å². The van der Waals surface area contributed by atoms with Crippen molar-refractivity contribution in [3.63, 3.8) is 0 Å². The van der Waals surface area contributed by atoms with Crippen molar-refractivity contribution in [1.29, 1.82) is 0 Å². The first kappa shape index (κ1) is 21.3. The lowest BCUT2D eigenvalue weighted by atomic mass is 10.2. The van der Waals surface area contributed by atoms with Crippen molar-refractivity contribution < 1.29 is 12.8 Å². The van der Waals surface area contributed by atoms with E-state index >= 15 is 0 Å². The number of nitrogens with zero attached hydrogens (tertiary/aromatic N) is 2. The van der Waals surface area contributed by atoms with Gasteiger partial charge >= 0.3 is 0 Å². The van der Waals surface area contributed by atoms with Crippen molar-refractivity contribution in [2.75, 3.05) is 12.4 Å². The Hall–Kier alpha value is -2.94. The van der Waals surface area contributed by atoms with Gasteiger partial charge in [0, 0.05) is 29.0 Å². The second-order valence-corrected chi connectivity index (χ2v) is 9.37. The van der Waals surface area contributed by atoms with E-state index in [0.717, 1.165) is 21.3 Å². The van der Waals surface area contributed by atoms with Crippen LogP contribution in [0.3, 0.4) is 0 Å². The highest BCUT2D eigenvalue weighted by Gasteiger charge is 2.22. The van der Waals surface area contributed by atoms with Crippen LogP contribution < -0.4 is 10.6 Å². The Kier molecular flexibility index (Phi) is 5.70. The number of halogens is 2. The maximum absolute atomic E-state index is 13.7. The molecule has 0 aliphatic heterocycles. The SMILES string of the molecule is CNCc1cn(S(=O)(=O)c2cccc(F)c2)c2cc(Nc3ccc(Cl)cc3C)cnc12. The third-order valence-electron chi connectivity index (χ3n) is 4.87. The Morgan fingerprint density at radius 3 is 2.68 bits per heavy atom. The summed E-state index contributed by atoms with van der Waals surface area (Å²) in [5.41, 5.74) is 4.03. The highest BCUT2D eigenvalue weighted by Crippen LogP contribution is 2.29. The van der Waals surface area contributed by atoms with Crippen LogP contribution in [0.15, 0.2) is 65.8 Å². The fourth-order valence-electron chi connectivity index (χ4n) is 3.39. The number of aryl methyl sites for hydroxylation is 1. The molecule has 4 rings (SSSR count). The average Bonchev–Trinajstić information content (AvgIpc) is 3.09. The summed E-state index contributed by atoms with van der Waals surface area (Å²) >= 11 is 6.03. The van der Waals surface area contributed by atoms with E-state index in [2.05, 4.69) is 15.6 Å². The fourth-order valence-corrected chi connectivity index (χ4v) is 5.02. The predicted octanol–water partition coefficient (Wildman–Crippen LogP) is 4.84. The second-order valence-electron chi connectivity index (χ2n) is 7.12. The Morgan fingerprint density at radius 1 is 1.16 bits per heavy atom. The molecule has 9 heteroatoms. The number of rotatable bonds is 6. The summed E-state index contributed by atoms with van der Waals surface area (Å²) < 4.78 is 41.4. The molecule has 0 bridgehead atoms. The molecule has 0 saturated carbocycles. The summed E-state index contributed by atoms with van der Waals surface area (Å²) in [4.78, 5) is 4.37. The molecule has 2 N–H and O–H groups in total. The van der Waals surface area contributed by atoms with Gasteiger partial charge in [0.05, 0.1) is 27.8 Å². The lowest BCUT2D eigenvalue weighted by Crippen LogP contribution is -2.12. The molecule has 0 amide bonds. The predicted molar refractivity (Wildman–Crippen MR) is 121 cm³/mol. The van der Waals surface area contributed by atoms with Gasteiger partial charge in [-0.2, -0.15) is 0 Å². The molecule has 0 unspecified atom stereocenters. The first-order chi connectivity index (χ1) is 14.8. The van der Waals surface area contributed by atoms with E-state index < -0.39 is 15.8 Å². The van der Waals surface area contributed by atoms with Gasteiger partial charge in [-0.15, -0.1) is 0 Å². The summed E-state index contributed by atoms with van der Waals surface area (Å²) in [6.45, 7) is 2.35. The Morgan fingerprint density at radius 2 is 1.97 bits per heavy atom. The van der Waals surface area contributed by atoms with Crippen LogP contribution in [0, 0.1) is 12.7 Å². The van der Waals surface area contributed by atoms with Crippen LogP contribution in [0.1, 0.15) is 11.1 Å². The molecule has 2 aromatic heterocycles. The van der Waals surface area contributed by atoms with Crippen LogP contribution in [-0.2, 0) is 16.6 Å². The Balaban J connectivity index is 1.85. The molecule has 0 fully saturated rings. The van der Waals surface area contributed by atoms with Crippen molar-refractivity contribution >= 4 is 44.0 Å². The quantitative estimate of drug-likeness (QED) is 0.432. The molecule has 31 heavy (non-hydrogen) atoms. The van der Waals surface area contributed by atoms with Gasteiger partial charge in [-0.1, -0.05) is 17.7 Å². The van der Waals surface area contributed by atoms with E-state index in [9.17, 15) is 12.8 Å². The highest BCUT2D eigenvalue weighted by molar-refractivity contribution is 7.90. The maximum atomic E-state index is 13.7. The lowest BCUT2D eigenvalue weighted by Gasteiger charge is -2.11. The monoisotopic (exact) mass is 458 g/mol. The molecule has 0 atom stereocenters. The number of hydrogen-bond donors (Lipinski definition) is 2. The smallest absolute Gasteiger partial charge is 0.268 e. The van der Waals surface area contributed by atoms with Crippen LogP contribution >= 0.6 is 11.6 Å². The molecule has 0 aliphatic rings. The Labute approximate surface area is 184 Å². The lowest BCUT2D eigenvalue weighted by molar-refractivity contribution is 0.584. The third-order valence-corrected chi connectivity index (χ3v) is 6.77. The first-order valence-electron chi connectivity index (χ1n) is 9.48. The molecule has 0 radical (unpaired) electrons. The Bertz CT molecular complexity index is 1390. The summed E-state index contributed by atoms with van der Waals surface area (Å²) in [6.07, 6.45) is 3.17. The molecule has 4 aromatic rings. The van der Waals surface area contributed by atoms with Gasteiger partial charge in [0.1, 0.15) is 5.82 Å². The molecule has 6 nitrogen and oxygen atoms in total. The van der Waals surface area contributed by atoms with Gasteiger partial charge in [-0.3, -0.25) is 4.98 Å². The summed E-state index contributed by atoms with van der Waals surface area (Å²) in [6, 6.07) is 12.1. The zero-order chi connectivity index (χ0) is 22.2. The minimum atomic E-state index is -4.03. The number of aromatic nitrogens is 2.